The molecule has 8 heteroatoms. The van der Waals surface area contributed by atoms with Gasteiger partial charge in [-0.25, -0.2) is 4.39 Å². The minimum Gasteiger partial charge on any atom is -0.403 e. The van der Waals surface area contributed by atoms with E-state index in [1.165, 1.54) is 7.11 Å². The van der Waals surface area contributed by atoms with Crippen LogP contribution in [0.4, 0.5) is 10.1 Å². The third-order valence-corrected chi connectivity index (χ3v) is 12.8. The molecule has 0 unspecified atom stereocenters. The number of hydrogen-bond donors (Lipinski definition) is 0. The number of carbonyl (C=O) groups excluding carboxylic acids is 1. The topological polar surface area (TPSA) is 48.0 Å². The molecule has 0 aliphatic carbocycles. The van der Waals surface area contributed by atoms with Gasteiger partial charge in [0.2, 0.25) is 0 Å². The van der Waals surface area contributed by atoms with E-state index in [0.717, 1.165) is 10.4 Å². The Morgan fingerprint density at radius 1 is 1.02 bits per heavy atom. The van der Waals surface area contributed by atoms with Gasteiger partial charge in [-0.1, -0.05) is 93.0 Å². The molecule has 3 aromatic rings. The second kappa shape index (κ2) is 12.5. The van der Waals surface area contributed by atoms with Gasteiger partial charge in [-0.15, -0.1) is 0 Å². The van der Waals surface area contributed by atoms with Crippen molar-refractivity contribution in [1.29, 1.82) is 0 Å². The van der Waals surface area contributed by atoms with Crippen molar-refractivity contribution in [3.8, 4) is 0 Å². The van der Waals surface area contributed by atoms with Crippen molar-refractivity contribution in [3.05, 3.63) is 88.7 Å². The van der Waals surface area contributed by atoms with Gasteiger partial charge in [0.25, 0.3) is 8.32 Å². The summed E-state index contributed by atoms with van der Waals surface area (Å²) in [5, 5.41) is 1.93. The van der Waals surface area contributed by atoms with E-state index in [1.54, 1.807) is 6.07 Å². The quantitative estimate of drug-likeness (QED) is 0.228. The summed E-state index contributed by atoms with van der Waals surface area (Å²) in [5.41, 5.74) is 1.12. The zero-order valence-electron chi connectivity index (χ0n) is 24.2. The highest BCUT2D eigenvalue weighted by atomic mass is 35.5. The van der Waals surface area contributed by atoms with Gasteiger partial charge < -0.3 is 18.8 Å². The van der Waals surface area contributed by atoms with E-state index in [1.807, 2.05) is 50.2 Å². The van der Waals surface area contributed by atoms with Gasteiger partial charge in [0.05, 0.1) is 30.1 Å². The third kappa shape index (κ3) is 6.04. The van der Waals surface area contributed by atoms with Crippen LogP contribution >= 0.6 is 11.6 Å². The highest BCUT2D eigenvalue weighted by molar-refractivity contribution is 6.99. The van der Waals surface area contributed by atoms with Crippen molar-refractivity contribution in [2.45, 2.75) is 58.5 Å². The number of carbonyl (C=O) groups is 1. The molecule has 1 fully saturated rings. The molecule has 0 bridgehead atoms. The number of methoxy groups -OCH3 is 1. The van der Waals surface area contributed by atoms with Crippen molar-refractivity contribution in [2.75, 3.05) is 31.7 Å². The number of morpholine rings is 1. The number of Topliss-reactive ketones (excluding diaryl/α,β-unsaturated/α-hetero) is 1. The summed E-state index contributed by atoms with van der Waals surface area (Å²) in [4.78, 5) is 14.9. The molecule has 0 spiro atoms. The van der Waals surface area contributed by atoms with Gasteiger partial charge in [0.15, 0.2) is 11.6 Å². The fourth-order valence-electron chi connectivity index (χ4n) is 5.84. The Balaban J connectivity index is 1.89. The van der Waals surface area contributed by atoms with Crippen molar-refractivity contribution in [2.24, 2.45) is 0 Å². The van der Waals surface area contributed by atoms with Gasteiger partial charge >= 0.3 is 0 Å². The fraction of sp³-hybridized carbons (Fsp3) is 0.406. The number of halogens is 2. The van der Waals surface area contributed by atoms with Crippen LogP contribution in [0.1, 0.15) is 50.5 Å². The SMILES string of the molecule is COCC(=O)c1cc(CO[Si](c2ccccc2)(c2ccccc2)C(C)(C)C)c(N2C[C@@H](C)O[C@@H](C)C2)c(Cl)c1F. The molecule has 4 rings (SSSR count). The summed E-state index contributed by atoms with van der Waals surface area (Å²) in [7, 11) is -1.50. The van der Waals surface area contributed by atoms with Gasteiger partial charge in [0, 0.05) is 25.8 Å². The number of benzene rings is 3. The highest BCUT2D eigenvalue weighted by Gasteiger charge is 2.50. The summed E-state index contributed by atoms with van der Waals surface area (Å²) >= 11 is 6.76. The maximum atomic E-state index is 15.7. The monoisotopic (exact) mass is 583 g/mol. The average molecular weight is 584 g/mol. The lowest BCUT2D eigenvalue weighted by molar-refractivity contribution is -0.00532. The van der Waals surface area contributed by atoms with Crippen LogP contribution in [0.3, 0.4) is 0 Å². The Morgan fingerprint density at radius 3 is 2.02 bits per heavy atom. The second-order valence-electron chi connectivity index (χ2n) is 11.5. The van der Waals surface area contributed by atoms with Crippen LogP contribution in [0.2, 0.25) is 10.1 Å². The standard InChI is InChI=1S/C32H39ClFNO4Si/c1-22-18-35(19-23(2)39-22)31-24(17-27(28(36)21-37-6)30(34)29(31)33)20-38-40(32(3,4)5,25-13-9-7-10-14-25)26-15-11-8-12-16-26/h7-17,22-23H,18-21H2,1-6H3/t22-,23+. The van der Waals surface area contributed by atoms with E-state index in [-0.39, 0.29) is 41.0 Å². The molecule has 0 aromatic heterocycles. The molecule has 5 nitrogen and oxygen atoms in total. The smallest absolute Gasteiger partial charge is 0.261 e. The van der Waals surface area contributed by atoms with Gasteiger partial charge in [-0.3, -0.25) is 4.79 Å². The van der Waals surface area contributed by atoms with Crippen LogP contribution in [-0.4, -0.2) is 53.1 Å². The lowest BCUT2D eigenvalue weighted by Crippen LogP contribution is -2.66. The Morgan fingerprint density at radius 2 is 1.55 bits per heavy atom. The number of ether oxygens (including phenoxy) is 2. The fourth-order valence-corrected chi connectivity index (χ4v) is 10.7. The predicted octanol–water partition coefficient (Wildman–Crippen LogP) is 6.00. The molecule has 1 aliphatic rings. The molecule has 0 saturated carbocycles. The van der Waals surface area contributed by atoms with Gasteiger partial charge in [-0.2, -0.15) is 0 Å². The number of hydrogen-bond acceptors (Lipinski definition) is 5. The Bertz CT molecular complexity index is 1270. The van der Waals surface area contributed by atoms with Crippen LogP contribution in [0, 0.1) is 5.82 Å². The lowest BCUT2D eigenvalue weighted by Gasteiger charge is -2.43. The molecular weight excluding hydrogens is 545 g/mol. The van der Waals surface area contributed by atoms with E-state index in [2.05, 4.69) is 49.9 Å². The first-order valence-electron chi connectivity index (χ1n) is 13.7. The van der Waals surface area contributed by atoms with Crippen molar-refractivity contribution in [1.82, 2.24) is 0 Å². The first kappa shape index (κ1) is 30.4. The molecule has 40 heavy (non-hydrogen) atoms. The molecule has 3 aromatic carbocycles. The van der Waals surface area contributed by atoms with Crippen molar-refractivity contribution < 1.29 is 23.1 Å². The first-order valence-corrected chi connectivity index (χ1v) is 16.0. The van der Waals surface area contributed by atoms with Gasteiger partial charge in [0.1, 0.15) is 11.6 Å². The molecule has 0 amide bonds. The van der Waals surface area contributed by atoms with Crippen LogP contribution in [0.25, 0.3) is 0 Å². The molecule has 1 aliphatic heterocycles. The normalized spacial score (nSPS) is 18.1. The molecular formula is C32H39ClFNO4Si. The molecule has 0 radical (unpaired) electrons. The zero-order chi connectivity index (χ0) is 29.1. The van der Waals surface area contributed by atoms with Gasteiger partial charge in [-0.05, 0) is 35.3 Å². The largest absolute Gasteiger partial charge is 0.403 e. The van der Waals surface area contributed by atoms with Crippen LogP contribution in [0.15, 0.2) is 66.7 Å². The van der Waals surface area contributed by atoms with E-state index in [4.69, 9.17) is 25.5 Å². The molecule has 2 atom stereocenters. The minimum absolute atomic E-state index is 0.0666. The summed E-state index contributed by atoms with van der Waals surface area (Å²) in [6.07, 6.45) is -0.133. The van der Waals surface area contributed by atoms with E-state index in [9.17, 15) is 4.79 Å². The Hall–Kier alpha value is -2.55. The Labute approximate surface area is 243 Å². The number of anilines is 1. The summed E-state index contributed by atoms with van der Waals surface area (Å²) in [6, 6.07) is 22.3. The van der Waals surface area contributed by atoms with Crippen LogP contribution < -0.4 is 15.3 Å². The van der Waals surface area contributed by atoms with E-state index in [0.29, 0.717) is 24.3 Å². The molecule has 214 valence electrons. The minimum atomic E-state index is -2.91. The number of rotatable bonds is 9. The van der Waals surface area contributed by atoms with Crippen molar-refractivity contribution >= 4 is 41.8 Å². The molecule has 0 N–H and O–H groups in total. The van der Waals surface area contributed by atoms with Crippen LogP contribution in [-0.2, 0) is 20.5 Å². The number of nitrogens with zero attached hydrogens (tertiary/aromatic N) is 1. The molecule has 1 saturated heterocycles. The average Bonchev–Trinajstić information content (AvgIpc) is 2.91. The maximum absolute atomic E-state index is 15.7. The van der Waals surface area contributed by atoms with Crippen molar-refractivity contribution in [3.63, 3.8) is 0 Å². The summed E-state index contributed by atoms with van der Waals surface area (Å²) in [5.74, 6) is -1.21. The van der Waals surface area contributed by atoms with E-state index >= 15 is 4.39 Å². The third-order valence-electron chi connectivity index (χ3n) is 7.43. The molecule has 1 heterocycles. The lowest BCUT2D eigenvalue weighted by atomic mass is 10.0. The zero-order valence-corrected chi connectivity index (χ0v) is 25.9. The van der Waals surface area contributed by atoms with Crippen LogP contribution in [0.5, 0.6) is 0 Å². The maximum Gasteiger partial charge on any atom is 0.261 e. The Kier molecular flexibility index (Phi) is 9.53. The first-order chi connectivity index (χ1) is 19.0. The second-order valence-corrected chi connectivity index (χ2v) is 16.2. The summed E-state index contributed by atoms with van der Waals surface area (Å²) in [6.45, 7) is 11.6. The summed E-state index contributed by atoms with van der Waals surface area (Å²) < 4.78 is 33.8. The predicted molar refractivity (Wildman–Crippen MR) is 162 cm³/mol. The highest BCUT2D eigenvalue weighted by Crippen LogP contribution is 2.40. The number of ketones is 1. The van der Waals surface area contributed by atoms with E-state index < -0.39 is 19.9 Å².